The zero-order valence-electron chi connectivity index (χ0n) is 9.68. The summed E-state index contributed by atoms with van der Waals surface area (Å²) >= 11 is 11.8. The quantitative estimate of drug-likeness (QED) is 0.880. The van der Waals surface area contributed by atoms with Gasteiger partial charge in [-0.15, -0.1) is 11.7 Å². The first-order chi connectivity index (χ1) is 9.04. The van der Waals surface area contributed by atoms with E-state index in [1.807, 2.05) is 0 Å². The fraction of sp³-hybridized carbons (Fsp3) is 0.0833. The van der Waals surface area contributed by atoms with Gasteiger partial charge in [0.05, 0.1) is 16.6 Å². The lowest BCUT2D eigenvalue weighted by atomic mass is 10.1. The Labute approximate surface area is 119 Å². The number of rotatable bonds is 4. The smallest absolute Gasteiger partial charge is 0.358 e. The van der Waals surface area contributed by atoms with Crippen LogP contribution in [-0.4, -0.2) is 26.1 Å². The Morgan fingerprint density at radius 1 is 1.42 bits per heavy atom. The minimum Gasteiger partial charge on any atom is -0.476 e. The molecule has 0 amide bonds. The third kappa shape index (κ3) is 2.62. The normalized spacial score (nSPS) is 10.4. The Hall–Kier alpha value is -1.85. The van der Waals surface area contributed by atoms with E-state index < -0.39 is 5.97 Å². The Morgan fingerprint density at radius 2 is 2.16 bits per heavy atom. The lowest BCUT2D eigenvalue weighted by Gasteiger charge is -2.06. The van der Waals surface area contributed by atoms with Crippen LogP contribution >= 0.6 is 23.2 Å². The third-order valence-corrected chi connectivity index (χ3v) is 3.17. The van der Waals surface area contributed by atoms with Gasteiger partial charge in [0, 0.05) is 5.56 Å². The summed E-state index contributed by atoms with van der Waals surface area (Å²) in [4.78, 5) is 11.2. The largest absolute Gasteiger partial charge is 0.476 e. The minimum absolute atomic E-state index is 0.139. The van der Waals surface area contributed by atoms with Crippen LogP contribution in [0.5, 0.6) is 0 Å². The highest BCUT2D eigenvalue weighted by Gasteiger charge is 2.20. The van der Waals surface area contributed by atoms with E-state index in [4.69, 9.17) is 28.3 Å². The summed E-state index contributed by atoms with van der Waals surface area (Å²) in [7, 11) is 0. The molecule has 0 unspecified atom stereocenters. The van der Waals surface area contributed by atoms with Gasteiger partial charge < -0.3 is 5.11 Å². The van der Waals surface area contributed by atoms with Crippen LogP contribution < -0.4 is 0 Å². The number of allylic oxidation sites excluding steroid dienone is 1. The van der Waals surface area contributed by atoms with Gasteiger partial charge >= 0.3 is 5.97 Å². The molecule has 0 aliphatic heterocycles. The van der Waals surface area contributed by atoms with Gasteiger partial charge in [0.15, 0.2) is 5.69 Å². The van der Waals surface area contributed by atoms with Crippen molar-refractivity contribution >= 4 is 29.2 Å². The van der Waals surface area contributed by atoms with Crippen LogP contribution in [0.3, 0.4) is 0 Å². The predicted molar refractivity (Wildman–Crippen MR) is 72.6 cm³/mol. The molecule has 0 bridgehead atoms. The number of hydrogen-bond acceptors (Lipinski definition) is 3. The lowest BCUT2D eigenvalue weighted by molar-refractivity contribution is 0.0691. The molecule has 0 saturated carbocycles. The molecule has 0 spiro atoms. The van der Waals surface area contributed by atoms with Crippen molar-refractivity contribution in [2.45, 2.75) is 6.54 Å². The van der Waals surface area contributed by atoms with Crippen LogP contribution in [0, 0.1) is 0 Å². The molecule has 7 heteroatoms. The van der Waals surface area contributed by atoms with Gasteiger partial charge in [0.1, 0.15) is 5.69 Å². The number of aromatic carboxylic acids is 1. The molecule has 2 aromatic rings. The maximum absolute atomic E-state index is 11.2. The number of aromatic nitrogens is 3. The van der Waals surface area contributed by atoms with Crippen molar-refractivity contribution in [1.82, 2.24) is 15.0 Å². The van der Waals surface area contributed by atoms with Crippen LogP contribution in [0.15, 0.2) is 30.9 Å². The summed E-state index contributed by atoms with van der Waals surface area (Å²) in [5.41, 5.74) is 0.810. The summed E-state index contributed by atoms with van der Waals surface area (Å²) in [6.07, 6.45) is 1.60. The van der Waals surface area contributed by atoms with Crippen molar-refractivity contribution in [2.24, 2.45) is 0 Å². The molecule has 1 N–H and O–H groups in total. The van der Waals surface area contributed by atoms with Crippen molar-refractivity contribution in [3.8, 4) is 11.3 Å². The highest BCUT2D eigenvalue weighted by Crippen LogP contribution is 2.29. The summed E-state index contributed by atoms with van der Waals surface area (Å²) < 4.78 is 1.44. The Bertz CT molecular complexity index is 652. The van der Waals surface area contributed by atoms with Crippen molar-refractivity contribution in [2.75, 3.05) is 0 Å². The SMILES string of the molecule is C=CCn1nnc(C(=O)O)c1-c1ccc(Cl)c(Cl)c1. The molecule has 19 heavy (non-hydrogen) atoms. The molecule has 0 aliphatic rings. The van der Waals surface area contributed by atoms with Gasteiger partial charge in [-0.2, -0.15) is 0 Å². The average molecular weight is 298 g/mol. The van der Waals surface area contributed by atoms with E-state index >= 15 is 0 Å². The number of hydrogen-bond donors (Lipinski definition) is 1. The van der Waals surface area contributed by atoms with E-state index in [-0.39, 0.29) is 5.69 Å². The Morgan fingerprint density at radius 3 is 2.74 bits per heavy atom. The highest BCUT2D eigenvalue weighted by molar-refractivity contribution is 6.42. The van der Waals surface area contributed by atoms with Crippen molar-refractivity contribution in [3.63, 3.8) is 0 Å². The molecule has 5 nitrogen and oxygen atoms in total. The van der Waals surface area contributed by atoms with Gasteiger partial charge in [-0.05, 0) is 12.1 Å². The topological polar surface area (TPSA) is 68.0 Å². The van der Waals surface area contributed by atoms with Gasteiger partial charge in [0.25, 0.3) is 0 Å². The van der Waals surface area contributed by atoms with Crippen LogP contribution in [0.25, 0.3) is 11.3 Å². The van der Waals surface area contributed by atoms with E-state index in [0.717, 1.165) is 0 Å². The van der Waals surface area contributed by atoms with Crippen molar-refractivity contribution < 1.29 is 9.90 Å². The number of carbonyl (C=O) groups is 1. The maximum Gasteiger partial charge on any atom is 0.358 e. The molecule has 0 fully saturated rings. The molecule has 0 aliphatic carbocycles. The number of benzene rings is 1. The second-order valence-electron chi connectivity index (χ2n) is 3.69. The molecule has 0 saturated heterocycles. The molecule has 98 valence electrons. The second-order valence-corrected chi connectivity index (χ2v) is 4.51. The van der Waals surface area contributed by atoms with Gasteiger partial charge in [-0.3, -0.25) is 0 Å². The molecule has 2 rings (SSSR count). The first-order valence-electron chi connectivity index (χ1n) is 5.27. The van der Waals surface area contributed by atoms with Gasteiger partial charge in [-0.1, -0.05) is 40.6 Å². The first kappa shape index (κ1) is 13.6. The van der Waals surface area contributed by atoms with Gasteiger partial charge in [-0.25, -0.2) is 9.48 Å². The van der Waals surface area contributed by atoms with Crippen LogP contribution in [0.4, 0.5) is 0 Å². The van der Waals surface area contributed by atoms with Crippen LogP contribution in [-0.2, 0) is 6.54 Å². The molecular weight excluding hydrogens is 289 g/mol. The Kier molecular flexibility index (Phi) is 3.87. The molecular formula is C12H9Cl2N3O2. The fourth-order valence-electron chi connectivity index (χ4n) is 1.64. The number of nitrogens with zero attached hydrogens (tertiary/aromatic N) is 3. The number of halogens is 2. The van der Waals surface area contributed by atoms with Gasteiger partial charge in [0.2, 0.25) is 0 Å². The van der Waals surface area contributed by atoms with E-state index in [1.165, 1.54) is 4.68 Å². The fourth-order valence-corrected chi connectivity index (χ4v) is 1.93. The average Bonchev–Trinajstić information content (AvgIpc) is 2.77. The maximum atomic E-state index is 11.2. The summed E-state index contributed by atoms with van der Waals surface area (Å²) in [5, 5.41) is 17.3. The molecule has 1 aromatic heterocycles. The predicted octanol–water partition coefficient (Wildman–Crippen LogP) is 3.14. The molecule has 1 heterocycles. The monoisotopic (exact) mass is 297 g/mol. The van der Waals surface area contributed by atoms with E-state index in [2.05, 4.69) is 16.9 Å². The molecule has 0 atom stereocenters. The standard InChI is InChI=1S/C12H9Cl2N3O2/c1-2-5-17-11(10(12(18)19)15-16-17)7-3-4-8(13)9(14)6-7/h2-4,6H,1,5H2,(H,18,19). The minimum atomic E-state index is -1.16. The first-order valence-corrected chi connectivity index (χ1v) is 6.03. The summed E-state index contributed by atoms with van der Waals surface area (Å²) in [6, 6.07) is 4.84. The van der Waals surface area contributed by atoms with Crippen LogP contribution in [0.2, 0.25) is 10.0 Å². The van der Waals surface area contributed by atoms with Crippen molar-refractivity contribution in [3.05, 3.63) is 46.6 Å². The Balaban J connectivity index is 2.63. The molecule has 0 radical (unpaired) electrons. The van der Waals surface area contributed by atoms with E-state index in [9.17, 15) is 4.79 Å². The number of carboxylic acid groups (broad SMARTS) is 1. The van der Waals surface area contributed by atoms with E-state index in [1.54, 1.807) is 24.3 Å². The zero-order valence-corrected chi connectivity index (χ0v) is 11.2. The van der Waals surface area contributed by atoms with Crippen LogP contribution in [0.1, 0.15) is 10.5 Å². The van der Waals surface area contributed by atoms with E-state index in [0.29, 0.717) is 27.8 Å². The number of carboxylic acids is 1. The summed E-state index contributed by atoms with van der Waals surface area (Å²) in [5.74, 6) is -1.16. The third-order valence-electron chi connectivity index (χ3n) is 2.43. The second kappa shape index (κ2) is 5.42. The lowest BCUT2D eigenvalue weighted by Crippen LogP contribution is -2.03. The van der Waals surface area contributed by atoms with Crippen molar-refractivity contribution in [1.29, 1.82) is 0 Å². The zero-order chi connectivity index (χ0) is 14.0. The highest BCUT2D eigenvalue weighted by atomic mass is 35.5. The summed E-state index contributed by atoms with van der Waals surface area (Å²) in [6.45, 7) is 3.94. The molecule has 1 aromatic carbocycles.